The average Bonchev–Trinajstić information content (AvgIpc) is 3.29. The molecule has 10 heteroatoms. The van der Waals surface area contributed by atoms with Crippen LogP contribution in [0.5, 0.6) is 11.5 Å². The number of aromatic nitrogens is 2. The Bertz CT molecular complexity index is 1130. The summed E-state index contributed by atoms with van der Waals surface area (Å²) in [5.41, 5.74) is 3.43. The number of carboxylic acids is 1. The van der Waals surface area contributed by atoms with E-state index >= 15 is 0 Å². The topological polar surface area (TPSA) is 81.5 Å². The fourth-order valence-corrected chi connectivity index (χ4v) is 4.01. The SMILES string of the molecule is CCc1cc(OCCCOc2ccc(-c3nc(C(F)(F)F)ns3)cc2C)ccc1CCC(=O)O. The molecule has 182 valence electrons. The lowest BCUT2D eigenvalue weighted by molar-refractivity contribution is -0.144. The van der Waals surface area contributed by atoms with Gasteiger partial charge < -0.3 is 14.6 Å². The summed E-state index contributed by atoms with van der Waals surface area (Å²) in [7, 11) is 0. The molecule has 0 aliphatic heterocycles. The minimum Gasteiger partial charge on any atom is -0.493 e. The summed E-state index contributed by atoms with van der Waals surface area (Å²) < 4.78 is 53.1. The fourth-order valence-electron chi connectivity index (χ4n) is 3.34. The van der Waals surface area contributed by atoms with Crippen LogP contribution >= 0.6 is 11.5 Å². The highest BCUT2D eigenvalue weighted by molar-refractivity contribution is 7.09. The summed E-state index contributed by atoms with van der Waals surface area (Å²) in [5.74, 6) is -0.582. The number of alkyl halides is 3. The second kappa shape index (κ2) is 11.3. The Morgan fingerprint density at radius 3 is 2.50 bits per heavy atom. The first-order valence-electron chi connectivity index (χ1n) is 10.8. The summed E-state index contributed by atoms with van der Waals surface area (Å²) in [5, 5.41) is 9.08. The van der Waals surface area contributed by atoms with Gasteiger partial charge in [-0.3, -0.25) is 4.79 Å². The molecule has 1 heterocycles. The highest BCUT2D eigenvalue weighted by atomic mass is 32.1. The number of halogens is 3. The molecule has 3 rings (SSSR count). The molecule has 0 aliphatic carbocycles. The van der Waals surface area contributed by atoms with Crippen molar-refractivity contribution >= 4 is 17.5 Å². The van der Waals surface area contributed by atoms with Crippen LogP contribution in [0.2, 0.25) is 0 Å². The van der Waals surface area contributed by atoms with Crippen LogP contribution < -0.4 is 9.47 Å². The van der Waals surface area contributed by atoms with Crippen molar-refractivity contribution in [3.63, 3.8) is 0 Å². The van der Waals surface area contributed by atoms with Gasteiger partial charge in [-0.15, -0.1) is 0 Å². The van der Waals surface area contributed by atoms with Gasteiger partial charge in [-0.25, -0.2) is 4.98 Å². The van der Waals surface area contributed by atoms with E-state index in [1.54, 1.807) is 18.2 Å². The molecule has 0 atom stereocenters. The Morgan fingerprint density at radius 1 is 1.09 bits per heavy atom. The maximum atomic E-state index is 12.7. The van der Waals surface area contributed by atoms with Gasteiger partial charge in [-0.05, 0) is 78.3 Å². The number of ether oxygens (including phenoxy) is 2. The maximum Gasteiger partial charge on any atom is 0.452 e. The molecule has 0 bridgehead atoms. The fraction of sp³-hybridized carbons (Fsp3) is 0.375. The van der Waals surface area contributed by atoms with Crippen LogP contribution in [0.3, 0.4) is 0 Å². The van der Waals surface area contributed by atoms with Crippen LogP contribution in [0.1, 0.15) is 42.3 Å². The molecule has 1 N–H and O–H groups in total. The van der Waals surface area contributed by atoms with E-state index in [0.29, 0.717) is 48.9 Å². The van der Waals surface area contributed by atoms with E-state index in [2.05, 4.69) is 9.36 Å². The van der Waals surface area contributed by atoms with Crippen molar-refractivity contribution in [3.8, 4) is 22.1 Å². The monoisotopic (exact) mass is 494 g/mol. The Kier molecular flexibility index (Phi) is 8.49. The number of aryl methyl sites for hydroxylation is 3. The third kappa shape index (κ3) is 6.93. The molecule has 0 saturated heterocycles. The van der Waals surface area contributed by atoms with E-state index in [4.69, 9.17) is 14.6 Å². The Morgan fingerprint density at radius 2 is 1.85 bits per heavy atom. The lowest BCUT2D eigenvalue weighted by atomic mass is 10.0. The molecule has 1 aromatic heterocycles. The van der Waals surface area contributed by atoms with E-state index < -0.39 is 18.0 Å². The van der Waals surface area contributed by atoms with Crippen LogP contribution in [0.15, 0.2) is 36.4 Å². The zero-order chi connectivity index (χ0) is 24.7. The first-order chi connectivity index (χ1) is 16.2. The van der Waals surface area contributed by atoms with Gasteiger partial charge in [-0.1, -0.05) is 13.0 Å². The first-order valence-corrected chi connectivity index (χ1v) is 11.6. The molecule has 0 spiro atoms. The van der Waals surface area contributed by atoms with E-state index in [9.17, 15) is 18.0 Å². The number of nitrogens with zero attached hydrogens (tertiary/aromatic N) is 2. The summed E-state index contributed by atoms with van der Waals surface area (Å²) >= 11 is 0.709. The van der Waals surface area contributed by atoms with Crippen molar-refractivity contribution in [2.75, 3.05) is 13.2 Å². The number of hydrogen-bond donors (Lipinski definition) is 1. The lowest BCUT2D eigenvalue weighted by Crippen LogP contribution is -2.07. The van der Waals surface area contributed by atoms with Crippen molar-refractivity contribution in [2.24, 2.45) is 0 Å². The number of hydrogen-bond acceptors (Lipinski definition) is 6. The summed E-state index contributed by atoms with van der Waals surface area (Å²) in [4.78, 5) is 14.4. The van der Waals surface area contributed by atoms with E-state index in [1.807, 2.05) is 32.0 Å². The smallest absolute Gasteiger partial charge is 0.452 e. The minimum atomic E-state index is -4.56. The van der Waals surface area contributed by atoms with Crippen molar-refractivity contribution in [1.82, 2.24) is 9.36 Å². The highest BCUT2D eigenvalue weighted by Gasteiger charge is 2.36. The molecule has 2 aromatic carbocycles. The molecule has 0 radical (unpaired) electrons. The van der Waals surface area contributed by atoms with Gasteiger partial charge in [0.25, 0.3) is 0 Å². The standard InChI is InChI=1S/C24H25F3N2O4S/c1-3-16-14-19(8-5-17(16)7-10-21(30)31)32-11-4-12-33-20-9-6-18(13-15(20)2)22-28-23(29-34-22)24(25,26)27/h5-6,8-9,13-14H,3-4,7,10-12H2,1-2H3,(H,30,31). The van der Waals surface area contributed by atoms with Crippen LogP contribution in [0.4, 0.5) is 13.2 Å². The first kappa shape index (κ1) is 25.5. The lowest BCUT2D eigenvalue weighted by Gasteiger charge is -2.12. The minimum absolute atomic E-state index is 0.0975. The third-order valence-corrected chi connectivity index (χ3v) is 5.85. The predicted octanol–water partition coefficient (Wildman–Crippen LogP) is 5.96. The zero-order valence-corrected chi connectivity index (χ0v) is 19.6. The van der Waals surface area contributed by atoms with E-state index in [-0.39, 0.29) is 11.4 Å². The molecular formula is C24H25F3N2O4S. The number of carbonyl (C=O) groups is 1. The van der Waals surface area contributed by atoms with Gasteiger partial charge in [0, 0.05) is 18.4 Å². The van der Waals surface area contributed by atoms with Crippen molar-refractivity contribution < 1.29 is 32.5 Å². The van der Waals surface area contributed by atoms with Crippen LogP contribution in [-0.4, -0.2) is 33.6 Å². The van der Waals surface area contributed by atoms with Crippen molar-refractivity contribution in [2.45, 2.75) is 45.7 Å². The summed E-state index contributed by atoms with van der Waals surface area (Å²) in [6.07, 6.45) is -2.54. The van der Waals surface area contributed by atoms with Crippen LogP contribution in [0, 0.1) is 6.92 Å². The van der Waals surface area contributed by atoms with E-state index in [0.717, 1.165) is 28.9 Å². The number of carboxylic acid groups (broad SMARTS) is 1. The number of aliphatic carboxylic acids is 1. The molecule has 0 fully saturated rings. The number of benzene rings is 2. The molecule has 0 unspecified atom stereocenters. The Labute approximate surface area is 199 Å². The maximum absolute atomic E-state index is 12.7. The second-order valence-electron chi connectivity index (χ2n) is 7.63. The second-order valence-corrected chi connectivity index (χ2v) is 8.38. The van der Waals surface area contributed by atoms with Crippen LogP contribution in [-0.2, 0) is 23.8 Å². The third-order valence-electron chi connectivity index (χ3n) is 5.08. The van der Waals surface area contributed by atoms with Gasteiger partial charge in [0.05, 0.1) is 13.2 Å². The van der Waals surface area contributed by atoms with Gasteiger partial charge in [0.2, 0.25) is 5.82 Å². The molecule has 6 nitrogen and oxygen atoms in total. The molecule has 0 amide bonds. The molecule has 34 heavy (non-hydrogen) atoms. The molecule has 3 aromatic rings. The largest absolute Gasteiger partial charge is 0.493 e. The number of rotatable bonds is 11. The van der Waals surface area contributed by atoms with E-state index in [1.165, 1.54) is 0 Å². The predicted molar refractivity (Wildman–Crippen MR) is 122 cm³/mol. The Balaban J connectivity index is 1.48. The highest BCUT2D eigenvalue weighted by Crippen LogP contribution is 2.32. The molecule has 0 aliphatic rings. The normalized spacial score (nSPS) is 11.4. The van der Waals surface area contributed by atoms with Crippen molar-refractivity contribution in [1.29, 1.82) is 0 Å². The summed E-state index contributed by atoms with van der Waals surface area (Å²) in [6, 6.07) is 10.8. The zero-order valence-electron chi connectivity index (χ0n) is 18.8. The van der Waals surface area contributed by atoms with Gasteiger partial charge >= 0.3 is 12.1 Å². The molecular weight excluding hydrogens is 469 g/mol. The van der Waals surface area contributed by atoms with Crippen molar-refractivity contribution in [3.05, 3.63) is 58.9 Å². The quantitative estimate of drug-likeness (QED) is 0.331. The van der Waals surface area contributed by atoms with Gasteiger partial charge in [0.1, 0.15) is 16.5 Å². The van der Waals surface area contributed by atoms with Gasteiger partial charge in [-0.2, -0.15) is 17.5 Å². The summed E-state index contributed by atoms with van der Waals surface area (Å²) in [6.45, 7) is 4.69. The van der Waals surface area contributed by atoms with Crippen LogP contribution in [0.25, 0.3) is 10.6 Å². The Hall–Kier alpha value is -3.14. The molecule has 0 saturated carbocycles. The average molecular weight is 495 g/mol. The van der Waals surface area contributed by atoms with Gasteiger partial charge in [0.15, 0.2) is 0 Å².